The van der Waals surface area contributed by atoms with Gasteiger partial charge in [-0.25, -0.2) is 4.98 Å². The fourth-order valence-corrected chi connectivity index (χ4v) is 2.42. The highest BCUT2D eigenvalue weighted by molar-refractivity contribution is 5.25. The van der Waals surface area contributed by atoms with Crippen molar-refractivity contribution in [3.63, 3.8) is 0 Å². The van der Waals surface area contributed by atoms with E-state index in [2.05, 4.69) is 72.1 Å². The maximum Gasteiger partial charge on any atom is 0.120 e. The van der Waals surface area contributed by atoms with Crippen molar-refractivity contribution in [2.75, 3.05) is 21.1 Å². The second-order valence-corrected chi connectivity index (χ2v) is 6.07. The summed E-state index contributed by atoms with van der Waals surface area (Å²) in [5.41, 5.74) is 3.81. The van der Waals surface area contributed by atoms with E-state index in [-0.39, 0.29) is 0 Å². The lowest BCUT2D eigenvalue weighted by Crippen LogP contribution is -2.19. The summed E-state index contributed by atoms with van der Waals surface area (Å²) in [6, 6.07) is 9.27. The average molecular weight is 286 g/mol. The highest BCUT2D eigenvalue weighted by Crippen LogP contribution is 2.19. The van der Waals surface area contributed by atoms with E-state index >= 15 is 0 Å². The van der Waals surface area contributed by atoms with Crippen molar-refractivity contribution >= 4 is 0 Å². The van der Waals surface area contributed by atoms with E-state index in [9.17, 15) is 0 Å². The van der Waals surface area contributed by atoms with Gasteiger partial charge >= 0.3 is 0 Å². The molecule has 4 heteroatoms. The maximum atomic E-state index is 4.36. The van der Waals surface area contributed by atoms with Crippen molar-refractivity contribution in [1.29, 1.82) is 0 Å². The second-order valence-electron chi connectivity index (χ2n) is 6.07. The van der Waals surface area contributed by atoms with Crippen molar-refractivity contribution in [1.82, 2.24) is 19.8 Å². The van der Waals surface area contributed by atoms with Crippen LogP contribution in [0.4, 0.5) is 0 Å². The summed E-state index contributed by atoms with van der Waals surface area (Å²) in [7, 11) is 6.35. The van der Waals surface area contributed by atoms with Crippen LogP contribution in [0.3, 0.4) is 0 Å². The first-order chi connectivity index (χ1) is 9.95. The third kappa shape index (κ3) is 4.41. The molecule has 0 aliphatic rings. The molecule has 0 spiro atoms. The maximum absolute atomic E-state index is 4.36. The minimum Gasteiger partial charge on any atom is -0.345 e. The SMILES string of the molecule is Cc1cnc(CN(C)Cc2cccc(C(C)N(C)C)c2)[nH]1. The predicted octanol–water partition coefficient (Wildman–Crippen LogP) is 2.97. The first kappa shape index (κ1) is 15.7. The lowest BCUT2D eigenvalue weighted by molar-refractivity contribution is 0.308. The van der Waals surface area contributed by atoms with Crippen LogP contribution in [0.5, 0.6) is 0 Å². The molecule has 0 amide bonds. The minimum absolute atomic E-state index is 0.433. The Labute approximate surface area is 127 Å². The Bertz CT molecular complexity index is 574. The van der Waals surface area contributed by atoms with E-state index in [1.54, 1.807) is 0 Å². The Morgan fingerprint density at radius 3 is 2.57 bits per heavy atom. The van der Waals surface area contributed by atoms with Crippen molar-refractivity contribution in [2.24, 2.45) is 0 Å². The molecule has 1 aromatic carbocycles. The van der Waals surface area contributed by atoms with Crippen molar-refractivity contribution in [2.45, 2.75) is 33.0 Å². The average Bonchev–Trinajstić information content (AvgIpc) is 2.83. The van der Waals surface area contributed by atoms with Gasteiger partial charge in [-0.1, -0.05) is 24.3 Å². The Hall–Kier alpha value is -1.65. The molecule has 0 fully saturated rings. The third-order valence-corrected chi connectivity index (χ3v) is 3.84. The standard InChI is InChI=1S/C17H26N4/c1-13-10-18-17(19-13)12-21(5)11-15-7-6-8-16(9-15)14(2)20(3)4/h6-10,14H,11-12H2,1-5H3,(H,18,19). The Morgan fingerprint density at radius 1 is 1.19 bits per heavy atom. The van der Waals surface area contributed by atoms with Gasteiger partial charge in [0.2, 0.25) is 0 Å². The highest BCUT2D eigenvalue weighted by Gasteiger charge is 2.09. The third-order valence-electron chi connectivity index (χ3n) is 3.84. The molecular formula is C17H26N4. The molecule has 1 aromatic heterocycles. The van der Waals surface area contributed by atoms with E-state index in [1.807, 2.05) is 13.1 Å². The van der Waals surface area contributed by atoms with E-state index in [4.69, 9.17) is 0 Å². The number of aromatic amines is 1. The van der Waals surface area contributed by atoms with Crippen molar-refractivity contribution < 1.29 is 0 Å². The van der Waals surface area contributed by atoms with E-state index in [0.29, 0.717) is 6.04 Å². The lowest BCUT2D eigenvalue weighted by Gasteiger charge is -2.21. The van der Waals surface area contributed by atoms with Crippen LogP contribution >= 0.6 is 0 Å². The molecule has 114 valence electrons. The second kappa shape index (κ2) is 6.87. The molecule has 0 aliphatic heterocycles. The summed E-state index contributed by atoms with van der Waals surface area (Å²) in [6.45, 7) is 6.02. The summed E-state index contributed by atoms with van der Waals surface area (Å²) in [5.74, 6) is 1.02. The number of rotatable bonds is 6. The topological polar surface area (TPSA) is 35.2 Å². The summed E-state index contributed by atoms with van der Waals surface area (Å²) in [4.78, 5) is 12.1. The molecule has 2 rings (SSSR count). The predicted molar refractivity (Wildman–Crippen MR) is 87.0 cm³/mol. The van der Waals surface area contributed by atoms with Crippen molar-refractivity contribution in [3.8, 4) is 0 Å². The van der Waals surface area contributed by atoms with Crippen molar-refractivity contribution in [3.05, 3.63) is 53.1 Å². The largest absolute Gasteiger partial charge is 0.345 e. The molecule has 0 bridgehead atoms. The number of nitrogens with one attached hydrogen (secondary N) is 1. The molecule has 0 aliphatic carbocycles. The summed E-state index contributed by atoms with van der Waals surface area (Å²) >= 11 is 0. The molecular weight excluding hydrogens is 260 g/mol. The molecule has 1 atom stereocenters. The van der Waals surface area contributed by atoms with Gasteiger partial charge in [0.05, 0.1) is 6.54 Å². The normalized spacial score (nSPS) is 13.1. The van der Waals surface area contributed by atoms with Gasteiger partial charge in [0, 0.05) is 24.5 Å². The molecule has 1 unspecified atom stereocenters. The van der Waals surface area contributed by atoms with Crippen LogP contribution in [0, 0.1) is 6.92 Å². The zero-order valence-electron chi connectivity index (χ0n) is 13.7. The summed E-state index contributed by atoms with van der Waals surface area (Å²) in [6.07, 6.45) is 1.88. The number of imidazole rings is 1. The molecule has 1 N–H and O–H groups in total. The Balaban J connectivity index is 2.00. The molecule has 0 saturated heterocycles. The Kier molecular flexibility index (Phi) is 5.15. The van der Waals surface area contributed by atoms with Gasteiger partial charge in [-0.05, 0) is 46.1 Å². The zero-order valence-corrected chi connectivity index (χ0v) is 13.7. The smallest absolute Gasteiger partial charge is 0.120 e. The van der Waals surface area contributed by atoms with Gasteiger partial charge in [0.25, 0.3) is 0 Å². The number of nitrogens with zero attached hydrogens (tertiary/aromatic N) is 3. The summed E-state index contributed by atoms with van der Waals surface area (Å²) < 4.78 is 0. The van der Waals surface area contributed by atoms with Gasteiger partial charge < -0.3 is 9.88 Å². The number of hydrogen-bond donors (Lipinski definition) is 1. The fraction of sp³-hybridized carbons (Fsp3) is 0.471. The van der Waals surface area contributed by atoms with Crippen LogP contribution in [-0.4, -0.2) is 40.9 Å². The Morgan fingerprint density at radius 2 is 1.95 bits per heavy atom. The van der Waals surface area contributed by atoms with Gasteiger partial charge in [-0.2, -0.15) is 0 Å². The number of H-pyrrole nitrogens is 1. The first-order valence-corrected chi connectivity index (χ1v) is 7.40. The summed E-state index contributed by atoms with van der Waals surface area (Å²) in [5, 5.41) is 0. The molecule has 4 nitrogen and oxygen atoms in total. The van der Waals surface area contributed by atoms with Crippen LogP contribution in [0.1, 0.15) is 35.6 Å². The molecule has 0 radical (unpaired) electrons. The van der Waals surface area contributed by atoms with Gasteiger partial charge in [0.15, 0.2) is 0 Å². The van der Waals surface area contributed by atoms with Crippen LogP contribution in [-0.2, 0) is 13.1 Å². The molecule has 1 heterocycles. The van der Waals surface area contributed by atoms with Crippen LogP contribution in [0.25, 0.3) is 0 Å². The van der Waals surface area contributed by atoms with Crippen LogP contribution in [0.2, 0.25) is 0 Å². The highest BCUT2D eigenvalue weighted by atomic mass is 15.1. The number of aromatic nitrogens is 2. The zero-order chi connectivity index (χ0) is 15.4. The van der Waals surface area contributed by atoms with Crippen LogP contribution in [0.15, 0.2) is 30.5 Å². The molecule has 2 aromatic rings. The monoisotopic (exact) mass is 286 g/mol. The number of aryl methyl sites for hydroxylation is 1. The lowest BCUT2D eigenvalue weighted by atomic mass is 10.0. The van der Waals surface area contributed by atoms with E-state index in [1.165, 1.54) is 11.1 Å². The van der Waals surface area contributed by atoms with E-state index < -0.39 is 0 Å². The first-order valence-electron chi connectivity index (χ1n) is 7.40. The van der Waals surface area contributed by atoms with E-state index in [0.717, 1.165) is 24.6 Å². The molecule has 0 saturated carbocycles. The number of benzene rings is 1. The van der Waals surface area contributed by atoms with Gasteiger partial charge in [-0.3, -0.25) is 4.90 Å². The number of hydrogen-bond acceptors (Lipinski definition) is 3. The van der Waals surface area contributed by atoms with Gasteiger partial charge in [0.1, 0.15) is 5.82 Å². The quantitative estimate of drug-likeness (QED) is 0.886. The van der Waals surface area contributed by atoms with Crippen LogP contribution < -0.4 is 0 Å². The fourth-order valence-electron chi connectivity index (χ4n) is 2.42. The van der Waals surface area contributed by atoms with Gasteiger partial charge in [-0.15, -0.1) is 0 Å². The minimum atomic E-state index is 0.433. The molecule has 21 heavy (non-hydrogen) atoms.